The average molecular weight is 276 g/mol. The molecule has 2 rings (SSSR count). The smallest absolute Gasteiger partial charge is 0.227 e. The summed E-state index contributed by atoms with van der Waals surface area (Å²) in [7, 11) is 3.22. The molecule has 0 aliphatic heterocycles. The van der Waals surface area contributed by atoms with Crippen LogP contribution in [0.1, 0.15) is 13.8 Å². The molecule has 0 radical (unpaired) electrons. The van der Waals surface area contributed by atoms with Crippen molar-refractivity contribution in [3.63, 3.8) is 0 Å². The van der Waals surface area contributed by atoms with Crippen LogP contribution < -0.4 is 15.8 Å². The van der Waals surface area contributed by atoms with Crippen LogP contribution in [-0.4, -0.2) is 29.6 Å². The number of anilines is 1. The molecule has 6 nitrogen and oxygen atoms in total. The number of imidazole rings is 1. The van der Waals surface area contributed by atoms with Gasteiger partial charge in [0.25, 0.3) is 0 Å². The van der Waals surface area contributed by atoms with Gasteiger partial charge in [-0.2, -0.15) is 0 Å². The molecule has 0 spiro atoms. The molecule has 0 fully saturated rings. The first-order valence-electron chi connectivity index (χ1n) is 6.41. The monoisotopic (exact) mass is 276 g/mol. The first-order valence-corrected chi connectivity index (χ1v) is 6.41. The topological polar surface area (TPSA) is 82.2 Å². The third-order valence-corrected chi connectivity index (χ3v) is 3.39. The van der Waals surface area contributed by atoms with E-state index in [1.165, 1.54) is 0 Å². The SMILES string of the molecule is CNC(=O)C(C)(C)Cn1c(N)nc2c(OC)cccc21. The molecular formula is C14H20N4O2. The predicted octanol–water partition coefficient (Wildman–Crippen LogP) is 1.40. The Balaban J connectivity index is 2.50. The third-order valence-electron chi connectivity index (χ3n) is 3.39. The number of aromatic nitrogens is 2. The highest BCUT2D eigenvalue weighted by Crippen LogP contribution is 2.29. The molecule has 0 bridgehead atoms. The van der Waals surface area contributed by atoms with Crippen LogP contribution in [0.3, 0.4) is 0 Å². The van der Waals surface area contributed by atoms with E-state index in [1.54, 1.807) is 14.2 Å². The van der Waals surface area contributed by atoms with Crippen LogP contribution in [0.4, 0.5) is 5.95 Å². The summed E-state index contributed by atoms with van der Waals surface area (Å²) < 4.78 is 7.12. The molecular weight excluding hydrogens is 256 g/mol. The number of para-hydroxylation sites is 1. The molecule has 108 valence electrons. The molecule has 6 heteroatoms. The Kier molecular flexibility index (Phi) is 3.57. The fourth-order valence-corrected chi connectivity index (χ4v) is 2.28. The van der Waals surface area contributed by atoms with E-state index in [1.807, 2.05) is 36.6 Å². The summed E-state index contributed by atoms with van der Waals surface area (Å²) >= 11 is 0. The van der Waals surface area contributed by atoms with Gasteiger partial charge in [-0.05, 0) is 26.0 Å². The molecule has 0 aliphatic carbocycles. The lowest BCUT2D eigenvalue weighted by Crippen LogP contribution is -2.37. The summed E-state index contributed by atoms with van der Waals surface area (Å²) in [6.45, 7) is 4.19. The maximum absolute atomic E-state index is 11.9. The van der Waals surface area contributed by atoms with E-state index in [4.69, 9.17) is 10.5 Å². The van der Waals surface area contributed by atoms with Crippen LogP contribution in [0.15, 0.2) is 18.2 Å². The lowest BCUT2D eigenvalue weighted by Gasteiger charge is -2.23. The van der Waals surface area contributed by atoms with E-state index < -0.39 is 5.41 Å². The van der Waals surface area contributed by atoms with Crippen molar-refractivity contribution < 1.29 is 9.53 Å². The minimum absolute atomic E-state index is 0.0401. The Labute approximate surface area is 117 Å². The summed E-state index contributed by atoms with van der Waals surface area (Å²) in [5, 5.41) is 2.67. The van der Waals surface area contributed by atoms with E-state index in [0.717, 1.165) is 5.52 Å². The molecule has 1 aromatic heterocycles. The third kappa shape index (κ3) is 2.29. The fraction of sp³-hybridized carbons (Fsp3) is 0.429. The van der Waals surface area contributed by atoms with Gasteiger partial charge in [-0.3, -0.25) is 4.79 Å². The Hall–Kier alpha value is -2.24. The lowest BCUT2D eigenvalue weighted by atomic mass is 9.92. The highest BCUT2D eigenvalue weighted by molar-refractivity contribution is 5.85. The largest absolute Gasteiger partial charge is 0.494 e. The maximum atomic E-state index is 11.9. The van der Waals surface area contributed by atoms with E-state index in [-0.39, 0.29) is 5.91 Å². The zero-order chi connectivity index (χ0) is 14.9. The number of benzene rings is 1. The summed E-state index contributed by atoms with van der Waals surface area (Å²) in [4.78, 5) is 16.3. The van der Waals surface area contributed by atoms with Crippen LogP contribution in [-0.2, 0) is 11.3 Å². The molecule has 1 heterocycles. The van der Waals surface area contributed by atoms with Crippen LogP contribution in [0.2, 0.25) is 0 Å². The number of carbonyl (C=O) groups excluding carboxylic acids is 1. The molecule has 1 aromatic carbocycles. The van der Waals surface area contributed by atoms with Crippen molar-refractivity contribution >= 4 is 22.9 Å². The van der Waals surface area contributed by atoms with E-state index >= 15 is 0 Å². The number of methoxy groups -OCH3 is 1. The molecule has 20 heavy (non-hydrogen) atoms. The molecule has 0 atom stereocenters. The standard InChI is InChI=1S/C14H20N4O2/c1-14(2,12(19)16-3)8-18-9-6-5-7-10(20-4)11(9)17-13(18)15/h5-7H,8H2,1-4H3,(H2,15,17)(H,16,19). The minimum atomic E-state index is -0.584. The van der Waals surface area contributed by atoms with Gasteiger partial charge in [-0.15, -0.1) is 0 Å². The van der Waals surface area contributed by atoms with Gasteiger partial charge < -0.3 is 20.4 Å². The normalized spacial score (nSPS) is 11.6. The number of carbonyl (C=O) groups is 1. The van der Waals surface area contributed by atoms with Gasteiger partial charge in [0.05, 0.1) is 18.0 Å². The van der Waals surface area contributed by atoms with Crippen molar-refractivity contribution in [3.8, 4) is 5.75 Å². The lowest BCUT2D eigenvalue weighted by molar-refractivity contribution is -0.129. The van der Waals surface area contributed by atoms with Gasteiger partial charge in [0.2, 0.25) is 11.9 Å². The quantitative estimate of drug-likeness (QED) is 0.884. The molecule has 2 aromatic rings. The second-order valence-electron chi connectivity index (χ2n) is 5.35. The maximum Gasteiger partial charge on any atom is 0.227 e. The van der Waals surface area contributed by atoms with Crippen LogP contribution in [0.5, 0.6) is 5.75 Å². The molecule has 0 saturated heterocycles. The van der Waals surface area contributed by atoms with Crippen LogP contribution in [0, 0.1) is 5.41 Å². The first kappa shape index (κ1) is 14.2. The van der Waals surface area contributed by atoms with Crippen molar-refractivity contribution in [2.75, 3.05) is 19.9 Å². The number of hydrogen-bond donors (Lipinski definition) is 2. The zero-order valence-corrected chi connectivity index (χ0v) is 12.2. The van der Waals surface area contributed by atoms with Gasteiger partial charge in [0, 0.05) is 13.6 Å². The van der Waals surface area contributed by atoms with Crippen molar-refractivity contribution in [3.05, 3.63) is 18.2 Å². The highest BCUT2D eigenvalue weighted by Gasteiger charge is 2.29. The summed E-state index contributed by atoms with van der Waals surface area (Å²) in [5.74, 6) is 1.01. The van der Waals surface area contributed by atoms with Gasteiger partial charge >= 0.3 is 0 Å². The number of nitrogens with one attached hydrogen (secondary N) is 1. The second kappa shape index (κ2) is 5.03. The number of fused-ring (bicyclic) bond motifs is 1. The van der Waals surface area contributed by atoms with Crippen LogP contribution in [0.25, 0.3) is 11.0 Å². The van der Waals surface area contributed by atoms with Crippen molar-refractivity contribution in [2.24, 2.45) is 5.41 Å². The van der Waals surface area contributed by atoms with Gasteiger partial charge in [0.15, 0.2) is 0 Å². The Morgan fingerprint density at radius 1 is 1.50 bits per heavy atom. The van der Waals surface area contributed by atoms with E-state index in [9.17, 15) is 4.79 Å². The second-order valence-corrected chi connectivity index (χ2v) is 5.35. The number of amides is 1. The average Bonchev–Trinajstić information content (AvgIpc) is 2.73. The number of nitrogens with two attached hydrogens (primary N) is 1. The predicted molar refractivity (Wildman–Crippen MR) is 78.5 cm³/mol. The summed E-state index contributed by atoms with van der Waals surface area (Å²) in [6.07, 6.45) is 0. The van der Waals surface area contributed by atoms with Crippen molar-refractivity contribution in [1.29, 1.82) is 0 Å². The summed E-state index contributed by atoms with van der Waals surface area (Å²) in [5.41, 5.74) is 6.98. The number of nitrogen functional groups attached to an aromatic ring is 1. The minimum Gasteiger partial charge on any atom is -0.494 e. The molecule has 0 unspecified atom stereocenters. The first-order chi connectivity index (χ1) is 9.40. The summed E-state index contributed by atoms with van der Waals surface area (Å²) in [6, 6.07) is 5.63. The van der Waals surface area contributed by atoms with Gasteiger partial charge in [0.1, 0.15) is 11.3 Å². The highest BCUT2D eigenvalue weighted by atomic mass is 16.5. The number of rotatable bonds is 4. The molecule has 3 N–H and O–H groups in total. The fourth-order valence-electron chi connectivity index (χ4n) is 2.28. The molecule has 1 amide bonds. The Morgan fingerprint density at radius 3 is 2.80 bits per heavy atom. The molecule has 0 saturated carbocycles. The number of hydrogen-bond acceptors (Lipinski definition) is 4. The number of nitrogens with zero attached hydrogens (tertiary/aromatic N) is 2. The van der Waals surface area contributed by atoms with Gasteiger partial charge in [-0.1, -0.05) is 6.07 Å². The van der Waals surface area contributed by atoms with Crippen LogP contribution >= 0.6 is 0 Å². The van der Waals surface area contributed by atoms with E-state index in [2.05, 4.69) is 10.3 Å². The Morgan fingerprint density at radius 2 is 2.20 bits per heavy atom. The van der Waals surface area contributed by atoms with E-state index in [0.29, 0.717) is 23.8 Å². The number of ether oxygens (including phenoxy) is 1. The zero-order valence-electron chi connectivity index (χ0n) is 12.2. The Bertz CT molecular complexity index is 646. The van der Waals surface area contributed by atoms with Crippen molar-refractivity contribution in [2.45, 2.75) is 20.4 Å². The molecule has 0 aliphatic rings. The van der Waals surface area contributed by atoms with Crippen molar-refractivity contribution in [1.82, 2.24) is 14.9 Å². The van der Waals surface area contributed by atoms with Gasteiger partial charge in [-0.25, -0.2) is 4.98 Å².